The minimum atomic E-state index is -0.324. The monoisotopic (exact) mass is 476 g/mol. The highest BCUT2D eigenvalue weighted by atomic mass is 16.5. The molecule has 1 saturated heterocycles. The van der Waals surface area contributed by atoms with Crippen LogP contribution in [0.15, 0.2) is 54.6 Å². The van der Waals surface area contributed by atoms with E-state index in [9.17, 15) is 9.59 Å². The van der Waals surface area contributed by atoms with E-state index in [0.717, 1.165) is 48.1 Å². The first-order chi connectivity index (χ1) is 17.0. The third-order valence-corrected chi connectivity index (χ3v) is 6.53. The number of aryl methyl sites for hydroxylation is 1. The molecule has 0 bridgehead atoms. The van der Waals surface area contributed by atoms with Crippen LogP contribution in [-0.2, 0) is 11.4 Å². The molecule has 8 heteroatoms. The molecule has 0 spiro atoms. The van der Waals surface area contributed by atoms with Crippen LogP contribution in [0.25, 0.3) is 10.9 Å². The van der Waals surface area contributed by atoms with Crippen LogP contribution in [0.4, 0.5) is 0 Å². The molecule has 1 aromatic heterocycles. The van der Waals surface area contributed by atoms with Gasteiger partial charge in [-0.3, -0.25) is 19.8 Å². The van der Waals surface area contributed by atoms with Gasteiger partial charge in [0.1, 0.15) is 12.4 Å². The molecule has 2 heterocycles. The van der Waals surface area contributed by atoms with E-state index < -0.39 is 0 Å². The van der Waals surface area contributed by atoms with E-state index in [1.807, 2.05) is 37.3 Å². The van der Waals surface area contributed by atoms with E-state index in [-0.39, 0.29) is 23.7 Å². The second kappa shape index (κ2) is 11.8. The number of hydroxylamine groups is 1. The molecule has 0 radical (unpaired) electrons. The minimum absolute atomic E-state index is 0.140. The second-order valence-corrected chi connectivity index (χ2v) is 8.99. The normalized spacial score (nSPS) is 17.7. The molecule has 2 aromatic carbocycles. The third-order valence-electron chi connectivity index (χ3n) is 6.53. The molecule has 4 rings (SSSR count). The van der Waals surface area contributed by atoms with Crippen molar-refractivity contribution in [3.8, 4) is 5.75 Å². The van der Waals surface area contributed by atoms with Crippen LogP contribution in [0.5, 0.6) is 5.75 Å². The molecule has 8 nitrogen and oxygen atoms in total. The van der Waals surface area contributed by atoms with Crippen molar-refractivity contribution in [1.82, 2.24) is 21.1 Å². The van der Waals surface area contributed by atoms with Crippen molar-refractivity contribution in [3.05, 3.63) is 71.4 Å². The molecule has 0 unspecified atom stereocenters. The van der Waals surface area contributed by atoms with Gasteiger partial charge in [-0.1, -0.05) is 18.2 Å². The summed E-state index contributed by atoms with van der Waals surface area (Å²) in [7, 11) is 0. The number of carbonyl (C=O) groups is 2. The van der Waals surface area contributed by atoms with Crippen LogP contribution in [0, 0.1) is 18.8 Å². The van der Waals surface area contributed by atoms with Gasteiger partial charge in [0, 0.05) is 34.7 Å². The molecule has 4 N–H and O–H groups in total. The largest absolute Gasteiger partial charge is 0.489 e. The number of benzene rings is 2. The number of fused-ring (bicyclic) bond motifs is 1. The molecule has 2 amide bonds. The van der Waals surface area contributed by atoms with Crippen LogP contribution in [0.1, 0.15) is 40.9 Å². The Morgan fingerprint density at radius 3 is 2.77 bits per heavy atom. The average Bonchev–Trinajstić information content (AvgIpc) is 2.89. The number of amides is 2. The Bertz CT molecular complexity index is 1170. The van der Waals surface area contributed by atoms with Gasteiger partial charge in [-0.25, -0.2) is 5.48 Å². The third kappa shape index (κ3) is 6.35. The Kier molecular flexibility index (Phi) is 8.28. The lowest BCUT2D eigenvalue weighted by Gasteiger charge is -2.30. The quantitative estimate of drug-likeness (QED) is 0.214. The SMILES string of the molecule is Cc1cc(COc2ccc(C(=O)NCCC[C@@H]3CNCC[C@@H]3C(=O)NO)cc2)c2ccccc2n1. The number of piperidine rings is 1. The van der Waals surface area contributed by atoms with Gasteiger partial charge in [0.15, 0.2) is 0 Å². The molecule has 3 aromatic rings. The van der Waals surface area contributed by atoms with Crippen molar-refractivity contribution >= 4 is 22.7 Å². The fourth-order valence-corrected chi connectivity index (χ4v) is 4.70. The lowest BCUT2D eigenvalue weighted by molar-refractivity contribution is -0.136. The summed E-state index contributed by atoms with van der Waals surface area (Å²) in [6, 6.07) is 17.2. The zero-order valence-electron chi connectivity index (χ0n) is 19.9. The Hall–Kier alpha value is -3.49. The maximum atomic E-state index is 12.5. The number of nitrogens with zero attached hydrogens (tertiary/aromatic N) is 1. The lowest BCUT2D eigenvalue weighted by Crippen LogP contribution is -2.44. The number of ether oxygens (including phenoxy) is 1. The Balaban J connectivity index is 1.25. The maximum absolute atomic E-state index is 12.5. The summed E-state index contributed by atoms with van der Waals surface area (Å²) in [4.78, 5) is 28.9. The standard InChI is InChI=1S/C27H32N4O4/c1-18-15-21(23-6-2-3-7-25(23)30-18)17-35-22-10-8-19(9-11-22)26(32)29-13-4-5-20-16-28-14-12-24(20)27(33)31-34/h2-3,6-11,15,20,24,28,34H,4-5,12-14,16-17H2,1H3,(H,29,32)(H,31,33)/t20-,24+/m1/s1. The molecule has 35 heavy (non-hydrogen) atoms. The molecule has 2 atom stereocenters. The summed E-state index contributed by atoms with van der Waals surface area (Å²) < 4.78 is 5.98. The zero-order chi connectivity index (χ0) is 24.6. The van der Waals surface area contributed by atoms with Gasteiger partial charge in [0.05, 0.1) is 5.52 Å². The molecule has 1 aliphatic rings. The average molecular weight is 477 g/mol. The van der Waals surface area contributed by atoms with E-state index in [0.29, 0.717) is 30.9 Å². The lowest BCUT2D eigenvalue weighted by atomic mass is 9.83. The Morgan fingerprint density at radius 1 is 1.17 bits per heavy atom. The topological polar surface area (TPSA) is 113 Å². The minimum Gasteiger partial charge on any atom is -0.489 e. The van der Waals surface area contributed by atoms with Crippen molar-refractivity contribution in [2.24, 2.45) is 11.8 Å². The fraction of sp³-hybridized carbons (Fsp3) is 0.370. The Labute approximate surface area is 205 Å². The molecule has 1 aliphatic heterocycles. The van der Waals surface area contributed by atoms with Crippen LogP contribution in [-0.4, -0.2) is 41.6 Å². The molecular formula is C27H32N4O4. The van der Waals surface area contributed by atoms with Crippen LogP contribution >= 0.6 is 0 Å². The summed E-state index contributed by atoms with van der Waals surface area (Å²) in [5, 5.41) is 16.3. The summed E-state index contributed by atoms with van der Waals surface area (Å²) in [6.45, 7) is 4.42. The van der Waals surface area contributed by atoms with Gasteiger partial charge in [0.2, 0.25) is 5.91 Å². The van der Waals surface area contributed by atoms with Crippen molar-refractivity contribution in [1.29, 1.82) is 0 Å². The molecule has 1 fully saturated rings. The van der Waals surface area contributed by atoms with E-state index in [4.69, 9.17) is 9.94 Å². The molecule has 0 saturated carbocycles. The second-order valence-electron chi connectivity index (χ2n) is 8.99. The Morgan fingerprint density at radius 2 is 1.97 bits per heavy atom. The number of aromatic nitrogens is 1. The zero-order valence-corrected chi connectivity index (χ0v) is 19.9. The first-order valence-corrected chi connectivity index (χ1v) is 12.1. The summed E-state index contributed by atoms with van der Waals surface area (Å²) in [5.74, 6) is 0.177. The number of pyridine rings is 1. The number of hydrogen-bond donors (Lipinski definition) is 4. The van der Waals surface area contributed by atoms with Gasteiger partial charge >= 0.3 is 0 Å². The smallest absolute Gasteiger partial charge is 0.251 e. The summed E-state index contributed by atoms with van der Waals surface area (Å²) in [5.41, 5.74) is 5.31. The highest BCUT2D eigenvalue weighted by molar-refractivity contribution is 5.94. The van der Waals surface area contributed by atoms with E-state index >= 15 is 0 Å². The van der Waals surface area contributed by atoms with E-state index in [1.165, 1.54) is 0 Å². The van der Waals surface area contributed by atoms with Gasteiger partial charge in [0.25, 0.3) is 5.91 Å². The number of rotatable bonds is 9. The molecule has 184 valence electrons. The van der Waals surface area contributed by atoms with Crippen molar-refractivity contribution in [2.75, 3.05) is 19.6 Å². The summed E-state index contributed by atoms with van der Waals surface area (Å²) >= 11 is 0. The number of nitrogens with one attached hydrogen (secondary N) is 3. The number of carbonyl (C=O) groups excluding carboxylic acids is 2. The number of para-hydroxylation sites is 1. The van der Waals surface area contributed by atoms with E-state index in [1.54, 1.807) is 29.7 Å². The van der Waals surface area contributed by atoms with Crippen LogP contribution in [0.2, 0.25) is 0 Å². The number of hydrogen-bond acceptors (Lipinski definition) is 6. The first-order valence-electron chi connectivity index (χ1n) is 12.1. The van der Waals surface area contributed by atoms with Crippen molar-refractivity contribution < 1.29 is 19.5 Å². The predicted octanol–water partition coefficient (Wildman–Crippen LogP) is 3.36. The highest BCUT2D eigenvalue weighted by Gasteiger charge is 2.30. The summed E-state index contributed by atoms with van der Waals surface area (Å²) in [6.07, 6.45) is 2.25. The molecular weight excluding hydrogens is 444 g/mol. The van der Waals surface area contributed by atoms with Crippen LogP contribution in [0.3, 0.4) is 0 Å². The van der Waals surface area contributed by atoms with E-state index in [2.05, 4.69) is 15.6 Å². The van der Waals surface area contributed by atoms with Crippen molar-refractivity contribution in [3.63, 3.8) is 0 Å². The van der Waals surface area contributed by atoms with Gasteiger partial charge in [-0.2, -0.15) is 0 Å². The van der Waals surface area contributed by atoms with Gasteiger partial charge in [-0.15, -0.1) is 0 Å². The highest BCUT2D eigenvalue weighted by Crippen LogP contribution is 2.24. The predicted molar refractivity (Wildman–Crippen MR) is 133 cm³/mol. The van der Waals surface area contributed by atoms with Gasteiger partial charge < -0.3 is 15.4 Å². The van der Waals surface area contributed by atoms with Crippen molar-refractivity contribution in [2.45, 2.75) is 32.8 Å². The maximum Gasteiger partial charge on any atom is 0.251 e. The molecule has 0 aliphatic carbocycles. The van der Waals surface area contributed by atoms with Crippen LogP contribution < -0.4 is 20.9 Å². The first kappa shape index (κ1) is 24.6. The fourth-order valence-electron chi connectivity index (χ4n) is 4.70. The van der Waals surface area contributed by atoms with Gasteiger partial charge in [-0.05, 0) is 81.6 Å².